The van der Waals surface area contributed by atoms with E-state index < -0.39 is 5.60 Å². The van der Waals surface area contributed by atoms with Crippen LogP contribution in [0.1, 0.15) is 33.3 Å². The molecule has 4 rings (SSSR count). The van der Waals surface area contributed by atoms with Crippen LogP contribution in [0.15, 0.2) is 36.8 Å². The lowest BCUT2D eigenvalue weighted by atomic mass is 10.1. The number of hydrogen-bond acceptors (Lipinski definition) is 8. The number of nitrogens with zero attached hydrogens (tertiary/aromatic N) is 6. The molecule has 3 aromatic rings. The van der Waals surface area contributed by atoms with Crippen molar-refractivity contribution in [2.75, 3.05) is 44.8 Å². The van der Waals surface area contributed by atoms with E-state index in [1.807, 2.05) is 45.9 Å². The number of piperazine rings is 1. The number of anilines is 1. The predicted molar refractivity (Wildman–Crippen MR) is 135 cm³/mol. The maximum atomic E-state index is 12.3. The second-order valence-corrected chi connectivity index (χ2v) is 9.77. The maximum absolute atomic E-state index is 12.3. The number of hydrogen-bond donors (Lipinski definition) is 0. The Morgan fingerprint density at radius 2 is 1.94 bits per heavy atom. The van der Waals surface area contributed by atoms with Crippen molar-refractivity contribution in [2.45, 2.75) is 39.4 Å². The normalized spacial score (nSPS) is 15.0. The summed E-state index contributed by atoms with van der Waals surface area (Å²) in [4.78, 5) is 20.9. The van der Waals surface area contributed by atoms with Crippen molar-refractivity contribution in [3.8, 4) is 22.9 Å². The molecular formula is C26H32N6O4. The molecule has 0 bridgehead atoms. The number of carbonyl (C=O) groups excluding carboxylic acids is 1. The molecule has 1 fully saturated rings. The summed E-state index contributed by atoms with van der Waals surface area (Å²) >= 11 is 0. The Morgan fingerprint density at radius 1 is 1.19 bits per heavy atom. The van der Waals surface area contributed by atoms with Crippen LogP contribution < -0.4 is 9.64 Å². The summed E-state index contributed by atoms with van der Waals surface area (Å²) in [7, 11) is 1.64. The van der Waals surface area contributed by atoms with Crippen LogP contribution in [0.2, 0.25) is 0 Å². The smallest absolute Gasteiger partial charge is 0.410 e. The summed E-state index contributed by atoms with van der Waals surface area (Å²) in [5.74, 6) is 1.45. The van der Waals surface area contributed by atoms with Gasteiger partial charge in [0.1, 0.15) is 29.8 Å². The maximum Gasteiger partial charge on any atom is 0.410 e. The lowest BCUT2D eigenvalue weighted by Crippen LogP contribution is -2.50. The topological polar surface area (TPSA) is 105 Å². The molecule has 1 aliphatic heterocycles. The molecule has 4 heterocycles. The summed E-state index contributed by atoms with van der Waals surface area (Å²) in [6.45, 7) is 10.4. The fourth-order valence-electron chi connectivity index (χ4n) is 3.94. The minimum Gasteiger partial charge on any atom is -0.489 e. The standard InChI is InChI=1S/C26H32N6O4/c1-18(34-5)17-35-21-12-22(24-20(13-27)15-29-32(24)16-21)19-6-7-23(28-14-19)30-8-10-31(11-9-30)25(33)36-26(2,3)4/h6-7,12,14-16,18H,8-11,17H2,1-5H3. The first-order chi connectivity index (χ1) is 17.2. The number of rotatable bonds is 6. The van der Waals surface area contributed by atoms with E-state index in [0.717, 1.165) is 16.9 Å². The van der Waals surface area contributed by atoms with Crippen molar-refractivity contribution >= 4 is 17.4 Å². The zero-order valence-electron chi connectivity index (χ0n) is 21.4. The first-order valence-electron chi connectivity index (χ1n) is 11.9. The molecule has 1 aliphatic rings. The summed E-state index contributed by atoms with van der Waals surface area (Å²) in [5.41, 5.74) is 2.32. The van der Waals surface area contributed by atoms with Gasteiger partial charge in [0.15, 0.2) is 0 Å². The van der Waals surface area contributed by atoms with Gasteiger partial charge in [-0.3, -0.25) is 0 Å². The van der Waals surface area contributed by atoms with Crippen molar-refractivity contribution in [1.29, 1.82) is 5.26 Å². The van der Waals surface area contributed by atoms with Crippen LogP contribution in [-0.4, -0.2) is 77.2 Å². The zero-order valence-corrected chi connectivity index (χ0v) is 21.4. The van der Waals surface area contributed by atoms with Crippen LogP contribution >= 0.6 is 0 Å². The Balaban J connectivity index is 1.53. The van der Waals surface area contributed by atoms with Crippen molar-refractivity contribution in [3.05, 3.63) is 42.4 Å². The molecular weight excluding hydrogens is 460 g/mol. The molecule has 1 amide bonds. The monoisotopic (exact) mass is 492 g/mol. The summed E-state index contributed by atoms with van der Waals surface area (Å²) in [6, 6.07) is 8.05. The highest BCUT2D eigenvalue weighted by Crippen LogP contribution is 2.31. The van der Waals surface area contributed by atoms with Gasteiger partial charge < -0.3 is 24.0 Å². The highest BCUT2D eigenvalue weighted by molar-refractivity contribution is 5.85. The van der Waals surface area contributed by atoms with Gasteiger partial charge in [0.05, 0.1) is 29.6 Å². The Kier molecular flexibility index (Phi) is 7.31. The fourth-order valence-corrected chi connectivity index (χ4v) is 3.94. The highest BCUT2D eigenvalue weighted by atomic mass is 16.6. The third kappa shape index (κ3) is 5.69. The highest BCUT2D eigenvalue weighted by Gasteiger charge is 2.26. The number of fused-ring (bicyclic) bond motifs is 1. The van der Waals surface area contributed by atoms with E-state index in [0.29, 0.717) is 49.6 Å². The van der Waals surface area contributed by atoms with Gasteiger partial charge in [-0.1, -0.05) is 0 Å². The molecule has 10 nitrogen and oxygen atoms in total. The van der Waals surface area contributed by atoms with E-state index >= 15 is 0 Å². The molecule has 1 atom stereocenters. The molecule has 0 radical (unpaired) electrons. The number of aromatic nitrogens is 3. The van der Waals surface area contributed by atoms with Crippen LogP contribution in [0.4, 0.5) is 10.6 Å². The van der Waals surface area contributed by atoms with Gasteiger partial charge in [-0.05, 0) is 45.9 Å². The Labute approximate surface area is 211 Å². The number of carbonyl (C=O) groups is 1. The summed E-state index contributed by atoms with van der Waals surface area (Å²) < 4.78 is 18.3. The van der Waals surface area contributed by atoms with Crippen molar-refractivity contribution in [2.24, 2.45) is 0 Å². The Bertz CT molecular complexity index is 1250. The Hall–Kier alpha value is -3.84. The van der Waals surface area contributed by atoms with Crippen molar-refractivity contribution < 1.29 is 19.0 Å². The first-order valence-corrected chi connectivity index (χ1v) is 11.9. The van der Waals surface area contributed by atoms with E-state index in [-0.39, 0.29) is 12.2 Å². The second kappa shape index (κ2) is 10.4. The molecule has 36 heavy (non-hydrogen) atoms. The summed E-state index contributed by atoms with van der Waals surface area (Å²) in [5, 5.41) is 13.9. The van der Waals surface area contributed by atoms with E-state index in [4.69, 9.17) is 14.2 Å². The van der Waals surface area contributed by atoms with Gasteiger partial charge in [-0.25, -0.2) is 14.3 Å². The average molecular weight is 493 g/mol. The van der Waals surface area contributed by atoms with Crippen LogP contribution in [0.25, 0.3) is 16.6 Å². The van der Waals surface area contributed by atoms with E-state index in [1.54, 1.807) is 35.1 Å². The third-order valence-corrected chi connectivity index (χ3v) is 5.91. The molecule has 0 saturated carbocycles. The largest absolute Gasteiger partial charge is 0.489 e. The van der Waals surface area contributed by atoms with E-state index in [9.17, 15) is 10.1 Å². The van der Waals surface area contributed by atoms with Crippen LogP contribution in [-0.2, 0) is 9.47 Å². The van der Waals surface area contributed by atoms with Gasteiger partial charge in [0, 0.05) is 50.6 Å². The quantitative estimate of drug-likeness (QED) is 0.512. The number of ether oxygens (including phenoxy) is 3. The molecule has 0 aromatic carbocycles. The van der Waals surface area contributed by atoms with Gasteiger partial charge >= 0.3 is 6.09 Å². The molecule has 190 valence electrons. The van der Waals surface area contributed by atoms with Gasteiger partial charge in [-0.15, -0.1) is 0 Å². The first kappa shape index (κ1) is 25.3. The van der Waals surface area contributed by atoms with E-state index in [2.05, 4.69) is 21.1 Å². The second-order valence-electron chi connectivity index (χ2n) is 9.77. The minimum atomic E-state index is -0.512. The van der Waals surface area contributed by atoms with Crippen LogP contribution in [0.5, 0.6) is 5.75 Å². The lowest BCUT2D eigenvalue weighted by molar-refractivity contribution is 0.0240. The van der Waals surface area contributed by atoms with Gasteiger partial charge in [0.2, 0.25) is 0 Å². The van der Waals surface area contributed by atoms with Crippen LogP contribution in [0.3, 0.4) is 0 Å². The number of nitriles is 1. The average Bonchev–Trinajstić information content (AvgIpc) is 3.29. The predicted octanol–water partition coefficient (Wildman–Crippen LogP) is 3.74. The minimum absolute atomic E-state index is 0.0619. The molecule has 0 N–H and O–H groups in total. The molecule has 1 saturated heterocycles. The SMILES string of the molecule is COC(C)COc1cc(-c2ccc(N3CCN(C(=O)OC(C)(C)C)CC3)nc2)c2c(C#N)cnn2c1. The van der Waals surface area contributed by atoms with Crippen molar-refractivity contribution in [1.82, 2.24) is 19.5 Å². The number of methoxy groups -OCH3 is 1. The Morgan fingerprint density at radius 3 is 2.56 bits per heavy atom. The van der Waals surface area contributed by atoms with Gasteiger partial charge in [-0.2, -0.15) is 10.4 Å². The molecule has 0 spiro atoms. The van der Waals surface area contributed by atoms with E-state index in [1.165, 1.54) is 0 Å². The summed E-state index contributed by atoms with van der Waals surface area (Å²) in [6.07, 6.45) is 4.75. The molecule has 1 unspecified atom stereocenters. The number of amides is 1. The zero-order chi connectivity index (χ0) is 25.9. The molecule has 0 aliphatic carbocycles. The van der Waals surface area contributed by atoms with Crippen LogP contribution in [0, 0.1) is 11.3 Å². The van der Waals surface area contributed by atoms with Crippen molar-refractivity contribution in [3.63, 3.8) is 0 Å². The third-order valence-electron chi connectivity index (χ3n) is 5.91. The lowest BCUT2D eigenvalue weighted by Gasteiger charge is -2.36. The molecule has 3 aromatic heterocycles. The fraction of sp³-hybridized carbons (Fsp3) is 0.462. The van der Waals surface area contributed by atoms with Gasteiger partial charge in [0.25, 0.3) is 0 Å². The number of pyridine rings is 2. The molecule has 10 heteroatoms.